The molecule has 0 saturated carbocycles. The van der Waals surface area contributed by atoms with Gasteiger partial charge in [-0.2, -0.15) is 10.2 Å². The summed E-state index contributed by atoms with van der Waals surface area (Å²) in [5, 5.41) is 11.4. The number of nitrogens with zero attached hydrogens (tertiary/aromatic N) is 6. The second-order valence-electron chi connectivity index (χ2n) is 9.08. The summed E-state index contributed by atoms with van der Waals surface area (Å²) in [5.74, 6) is 0.807. The fourth-order valence-corrected chi connectivity index (χ4v) is 5.54. The smallest absolute Gasteiger partial charge is 0.277 e. The van der Waals surface area contributed by atoms with Gasteiger partial charge in [0.25, 0.3) is 11.8 Å². The number of hydrogen-bond donors (Lipinski definition) is 1. The van der Waals surface area contributed by atoms with Crippen molar-refractivity contribution in [1.29, 1.82) is 0 Å². The highest BCUT2D eigenvalue weighted by molar-refractivity contribution is 9.10. The van der Waals surface area contributed by atoms with Gasteiger partial charge in [0, 0.05) is 44.4 Å². The summed E-state index contributed by atoms with van der Waals surface area (Å²) in [4.78, 5) is 32.0. The van der Waals surface area contributed by atoms with Gasteiger partial charge < -0.3 is 10.2 Å². The highest BCUT2D eigenvalue weighted by Crippen LogP contribution is 2.30. The molecule has 37 heavy (non-hydrogen) atoms. The minimum Gasteiger partial charge on any atom is -0.339 e. The predicted octanol–water partition coefficient (Wildman–Crippen LogP) is 4.60. The highest BCUT2D eigenvalue weighted by Gasteiger charge is 2.25. The van der Waals surface area contributed by atoms with E-state index in [4.69, 9.17) is 0 Å². The van der Waals surface area contributed by atoms with Crippen LogP contribution < -0.4 is 5.32 Å². The molecule has 1 fully saturated rings. The zero-order chi connectivity index (χ0) is 25.9. The van der Waals surface area contributed by atoms with Crippen molar-refractivity contribution in [3.63, 3.8) is 0 Å². The van der Waals surface area contributed by atoms with Crippen molar-refractivity contribution >= 4 is 33.4 Å². The molecule has 9 nitrogen and oxygen atoms in total. The van der Waals surface area contributed by atoms with Crippen molar-refractivity contribution in [2.75, 3.05) is 18.4 Å². The first-order chi connectivity index (χ1) is 17.9. The maximum atomic E-state index is 13.0. The van der Waals surface area contributed by atoms with Crippen molar-refractivity contribution in [1.82, 2.24) is 29.4 Å². The number of rotatable bonds is 6. The molecule has 1 aliphatic rings. The highest BCUT2D eigenvalue weighted by atomic mass is 79.9. The van der Waals surface area contributed by atoms with Crippen LogP contribution in [0.1, 0.15) is 57.8 Å². The molecule has 5 rings (SSSR count). The molecule has 1 N–H and O–H groups in total. The van der Waals surface area contributed by atoms with E-state index < -0.39 is 0 Å². The predicted molar refractivity (Wildman–Crippen MR) is 144 cm³/mol. The fraction of sp³-hybridized carbons (Fsp3) is 0.296. The Morgan fingerprint density at radius 1 is 1.11 bits per heavy atom. The van der Waals surface area contributed by atoms with E-state index in [9.17, 15) is 9.59 Å². The summed E-state index contributed by atoms with van der Waals surface area (Å²) < 4.78 is 4.12. The number of nitrogens with one attached hydrogen (secondary N) is 1. The van der Waals surface area contributed by atoms with E-state index in [0.29, 0.717) is 36.1 Å². The van der Waals surface area contributed by atoms with Crippen LogP contribution >= 0.6 is 15.9 Å². The van der Waals surface area contributed by atoms with Gasteiger partial charge in [0.15, 0.2) is 11.5 Å². The first-order valence-electron chi connectivity index (χ1n) is 12.3. The minimum atomic E-state index is -0.242. The number of carbonyl (C=O) groups is 2. The van der Waals surface area contributed by atoms with Gasteiger partial charge >= 0.3 is 0 Å². The van der Waals surface area contributed by atoms with Crippen molar-refractivity contribution < 1.29 is 9.59 Å². The summed E-state index contributed by atoms with van der Waals surface area (Å²) in [7, 11) is 1.84. The van der Waals surface area contributed by atoms with E-state index in [0.717, 1.165) is 35.1 Å². The van der Waals surface area contributed by atoms with Crippen molar-refractivity contribution in [2.24, 2.45) is 7.05 Å². The Bertz CT molecular complexity index is 1390. The number of carbonyl (C=O) groups excluding carboxylic acids is 2. The van der Waals surface area contributed by atoms with Crippen LogP contribution in [-0.2, 0) is 13.5 Å². The summed E-state index contributed by atoms with van der Waals surface area (Å²) in [6, 6.07) is 13.4. The third kappa shape index (κ3) is 5.20. The standard InChI is InChI=1S/C27H28BrN7O2/c1-3-22-24(28)25(32-33(22)2)26(36)31-21-8-5-18(6-9-21)19-11-15-34(16-12-19)27(37)20-7-10-23(29-17-20)35-14-4-13-30-35/h4-10,13-14,17,19H,3,11-12,15-16H2,1-2H3,(H,31,36). The Labute approximate surface area is 223 Å². The maximum Gasteiger partial charge on any atom is 0.277 e. The van der Waals surface area contributed by atoms with Crippen LogP contribution in [-0.4, -0.2) is 54.3 Å². The van der Waals surface area contributed by atoms with Crippen LogP contribution in [0.4, 0.5) is 5.69 Å². The molecule has 0 spiro atoms. The number of aromatic nitrogens is 5. The van der Waals surface area contributed by atoms with Gasteiger partial charge in [0.05, 0.1) is 15.7 Å². The molecule has 4 heterocycles. The molecule has 0 radical (unpaired) electrons. The Morgan fingerprint density at radius 3 is 2.46 bits per heavy atom. The Kier molecular flexibility index (Phi) is 7.18. The number of halogens is 1. The first kappa shape index (κ1) is 24.9. The third-order valence-corrected chi connectivity index (χ3v) is 7.64. The molecule has 1 aliphatic heterocycles. The van der Waals surface area contributed by atoms with Crippen LogP contribution in [0.2, 0.25) is 0 Å². The van der Waals surface area contributed by atoms with Gasteiger partial charge in [-0.05, 0) is 77.0 Å². The molecule has 1 aromatic carbocycles. The first-order valence-corrected chi connectivity index (χ1v) is 13.1. The van der Waals surface area contributed by atoms with Crippen molar-refractivity contribution in [2.45, 2.75) is 32.1 Å². The molecule has 0 unspecified atom stereocenters. The average molecular weight is 562 g/mol. The number of benzene rings is 1. The van der Waals surface area contributed by atoms with E-state index in [1.165, 1.54) is 5.56 Å². The normalized spacial score (nSPS) is 14.1. The third-order valence-electron chi connectivity index (χ3n) is 6.81. The minimum absolute atomic E-state index is 0.00272. The topological polar surface area (TPSA) is 97.9 Å². The van der Waals surface area contributed by atoms with Crippen LogP contribution in [0.25, 0.3) is 5.82 Å². The second-order valence-corrected chi connectivity index (χ2v) is 9.88. The van der Waals surface area contributed by atoms with E-state index in [1.54, 1.807) is 27.8 Å². The average Bonchev–Trinajstić information content (AvgIpc) is 3.57. The molecule has 0 aliphatic carbocycles. The number of pyridine rings is 1. The number of aryl methyl sites for hydroxylation is 1. The Balaban J connectivity index is 1.16. The van der Waals surface area contributed by atoms with E-state index in [2.05, 4.69) is 48.6 Å². The molecule has 0 bridgehead atoms. The molecule has 0 atom stereocenters. The number of hydrogen-bond acceptors (Lipinski definition) is 5. The lowest BCUT2D eigenvalue weighted by Gasteiger charge is -2.32. The number of amides is 2. The SMILES string of the molecule is CCc1c(Br)c(C(=O)Nc2ccc(C3CCN(C(=O)c4ccc(-n5cccn5)nc4)CC3)cc2)nn1C. The zero-order valence-electron chi connectivity index (χ0n) is 20.8. The summed E-state index contributed by atoms with van der Waals surface area (Å²) in [6.07, 6.45) is 7.68. The van der Waals surface area contributed by atoms with Gasteiger partial charge in [0.2, 0.25) is 0 Å². The van der Waals surface area contributed by atoms with E-state index in [-0.39, 0.29) is 11.8 Å². The number of piperidine rings is 1. The Hall–Kier alpha value is -3.79. The molecule has 190 valence electrons. The monoisotopic (exact) mass is 561 g/mol. The van der Waals surface area contributed by atoms with Gasteiger partial charge in [-0.1, -0.05) is 19.1 Å². The van der Waals surface area contributed by atoms with Gasteiger partial charge in [0.1, 0.15) is 0 Å². The van der Waals surface area contributed by atoms with Crippen LogP contribution in [0.15, 0.2) is 65.5 Å². The van der Waals surface area contributed by atoms with Gasteiger partial charge in [-0.15, -0.1) is 0 Å². The summed E-state index contributed by atoms with van der Waals surface area (Å²) >= 11 is 3.50. The molecular weight excluding hydrogens is 534 g/mol. The number of anilines is 1. The summed E-state index contributed by atoms with van der Waals surface area (Å²) in [5.41, 5.74) is 3.88. The largest absolute Gasteiger partial charge is 0.339 e. The lowest BCUT2D eigenvalue weighted by atomic mass is 9.89. The molecule has 10 heteroatoms. The maximum absolute atomic E-state index is 13.0. The van der Waals surface area contributed by atoms with Gasteiger partial charge in [-0.25, -0.2) is 9.67 Å². The molecular formula is C27H28BrN7O2. The summed E-state index contributed by atoms with van der Waals surface area (Å²) in [6.45, 7) is 3.41. The van der Waals surface area contributed by atoms with Crippen molar-refractivity contribution in [3.05, 3.63) is 88.0 Å². The Morgan fingerprint density at radius 2 is 1.86 bits per heavy atom. The quantitative estimate of drug-likeness (QED) is 0.371. The van der Waals surface area contributed by atoms with E-state index in [1.807, 2.05) is 49.3 Å². The number of likely N-dealkylation sites (tertiary alicyclic amines) is 1. The second kappa shape index (κ2) is 10.7. The lowest BCUT2D eigenvalue weighted by molar-refractivity contribution is 0.0712. The molecule has 2 amide bonds. The molecule has 1 saturated heterocycles. The lowest BCUT2D eigenvalue weighted by Crippen LogP contribution is -2.38. The van der Waals surface area contributed by atoms with Gasteiger partial charge in [-0.3, -0.25) is 14.3 Å². The van der Waals surface area contributed by atoms with Crippen LogP contribution in [0.3, 0.4) is 0 Å². The van der Waals surface area contributed by atoms with E-state index >= 15 is 0 Å². The fourth-order valence-electron chi connectivity index (χ4n) is 4.74. The zero-order valence-corrected chi connectivity index (χ0v) is 22.4. The van der Waals surface area contributed by atoms with Crippen LogP contribution in [0.5, 0.6) is 0 Å². The molecule has 4 aromatic rings. The van der Waals surface area contributed by atoms with Crippen LogP contribution in [0, 0.1) is 0 Å². The van der Waals surface area contributed by atoms with Crippen molar-refractivity contribution in [3.8, 4) is 5.82 Å². The molecule has 3 aromatic heterocycles.